The molecule has 0 fully saturated rings. The third-order valence-electron chi connectivity index (χ3n) is 3.99. The van der Waals surface area contributed by atoms with Crippen molar-refractivity contribution in [2.24, 2.45) is 0 Å². The van der Waals surface area contributed by atoms with E-state index in [0.29, 0.717) is 0 Å². The Kier molecular flexibility index (Phi) is 4.42. The van der Waals surface area contributed by atoms with Crippen molar-refractivity contribution >= 4 is 34.3 Å². The molecule has 2 aromatic heterocycles. The lowest BCUT2D eigenvalue weighted by Crippen LogP contribution is -1.83. The van der Waals surface area contributed by atoms with Crippen LogP contribution >= 0.6 is 23.4 Å². The third kappa shape index (κ3) is 3.38. The number of thioether (sulfide) groups is 1. The zero-order chi connectivity index (χ0) is 17.2. The van der Waals surface area contributed by atoms with Gasteiger partial charge in [-0.15, -0.1) is 11.8 Å². The van der Waals surface area contributed by atoms with Crippen LogP contribution < -0.4 is 4.74 Å². The zero-order valence-electron chi connectivity index (χ0n) is 13.5. The number of fused-ring (bicyclic) bond motifs is 1. The van der Waals surface area contributed by atoms with Gasteiger partial charge in [-0.2, -0.15) is 5.10 Å². The predicted octanol–water partition coefficient (Wildman–Crippen LogP) is 5.51. The Bertz CT molecular complexity index is 1020. The molecule has 0 aliphatic carbocycles. The smallest absolute Gasteiger partial charge is 0.119 e. The molecule has 2 aromatic carbocycles. The minimum absolute atomic E-state index is 0.737. The van der Waals surface area contributed by atoms with Crippen molar-refractivity contribution in [1.29, 1.82) is 0 Å². The van der Waals surface area contributed by atoms with Gasteiger partial charge < -0.3 is 9.72 Å². The minimum Gasteiger partial charge on any atom is -0.497 e. The lowest BCUT2D eigenvalue weighted by molar-refractivity contribution is 0.415. The van der Waals surface area contributed by atoms with Crippen LogP contribution in [0.3, 0.4) is 0 Å². The molecule has 0 aliphatic heterocycles. The van der Waals surface area contributed by atoms with E-state index in [9.17, 15) is 0 Å². The molecule has 0 spiro atoms. The van der Waals surface area contributed by atoms with Crippen molar-refractivity contribution in [3.63, 3.8) is 0 Å². The standard InChI is InChI=1S/C19H16ClN3OS/c1-24-15-4-2-3-12(7-15)17-9-14(22-23-17)11-25-19-10-21-18-8-13(20)5-6-16(18)19/h2-10,21H,11H2,1H3,(H,22,23). The number of hydrogen-bond acceptors (Lipinski definition) is 3. The van der Waals surface area contributed by atoms with Crippen LogP contribution in [0, 0.1) is 0 Å². The lowest BCUT2D eigenvalue weighted by atomic mass is 10.1. The van der Waals surface area contributed by atoms with Crippen molar-refractivity contribution in [2.75, 3.05) is 7.11 Å². The number of ether oxygens (including phenoxy) is 1. The molecule has 2 heterocycles. The van der Waals surface area contributed by atoms with Crippen LogP contribution in [0.25, 0.3) is 22.2 Å². The van der Waals surface area contributed by atoms with Gasteiger partial charge in [0.25, 0.3) is 0 Å². The minimum atomic E-state index is 0.737. The van der Waals surface area contributed by atoms with Gasteiger partial charge in [0.15, 0.2) is 0 Å². The highest BCUT2D eigenvalue weighted by Crippen LogP contribution is 2.32. The van der Waals surface area contributed by atoms with Crippen molar-refractivity contribution in [3.05, 3.63) is 65.4 Å². The zero-order valence-corrected chi connectivity index (χ0v) is 15.1. The number of H-pyrrole nitrogens is 2. The summed E-state index contributed by atoms with van der Waals surface area (Å²) in [5.41, 5.74) is 4.10. The van der Waals surface area contributed by atoms with E-state index in [1.807, 2.05) is 48.7 Å². The van der Waals surface area contributed by atoms with Gasteiger partial charge in [-0.3, -0.25) is 5.10 Å². The van der Waals surface area contributed by atoms with Gasteiger partial charge in [0.1, 0.15) is 5.75 Å². The second-order valence-electron chi connectivity index (χ2n) is 5.64. The maximum atomic E-state index is 6.03. The molecule has 0 atom stereocenters. The fraction of sp³-hybridized carbons (Fsp3) is 0.105. The SMILES string of the molecule is COc1cccc(-c2cc(CSc3c[nH]c4cc(Cl)ccc34)n[nH]2)c1. The summed E-state index contributed by atoms with van der Waals surface area (Å²) in [5.74, 6) is 1.62. The summed E-state index contributed by atoms with van der Waals surface area (Å²) < 4.78 is 5.28. The van der Waals surface area contributed by atoms with E-state index in [1.165, 1.54) is 10.3 Å². The summed E-state index contributed by atoms with van der Waals surface area (Å²) in [4.78, 5) is 4.45. The fourth-order valence-corrected chi connectivity index (χ4v) is 3.82. The molecule has 0 aliphatic rings. The average Bonchev–Trinajstić information content (AvgIpc) is 3.26. The molecule has 4 aromatic rings. The molecule has 0 saturated carbocycles. The van der Waals surface area contributed by atoms with Crippen molar-refractivity contribution < 1.29 is 4.74 Å². The van der Waals surface area contributed by atoms with E-state index in [4.69, 9.17) is 16.3 Å². The van der Waals surface area contributed by atoms with E-state index in [-0.39, 0.29) is 0 Å². The second kappa shape index (κ2) is 6.86. The normalized spacial score (nSPS) is 11.1. The molecule has 6 heteroatoms. The molecule has 0 unspecified atom stereocenters. The maximum absolute atomic E-state index is 6.03. The Morgan fingerprint density at radius 3 is 2.96 bits per heavy atom. The van der Waals surface area contributed by atoms with Gasteiger partial charge >= 0.3 is 0 Å². The number of halogens is 1. The highest BCUT2D eigenvalue weighted by molar-refractivity contribution is 7.98. The van der Waals surface area contributed by atoms with Crippen molar-refractivity contribution in [3.8, 4) is 17.0 Å². The first-order valence-electron chi connectivity index (χ1n) is 7.81. The topological polar surface area (TPSA) is 53.7 Å². The molecule has 0 saturated heterocycles. The third-order valence-corrected chi connectivity index (χ3v) is 5.32. The van der Waals surface area contributed by atoms with Gasteiger partial charge in [0.2, 0.25) is 0 Å². The molecule has 25 heavy (non-hydrogen) atoms. The molecule has 0 bridgehead atoms. The molecule has 0 amide bonds. The molecule has 4 nitrogen and oxygen atoms in total. The summed E-state index contributed by atoms with van der Waals surface area (Å²) >= 11 is 7.78. The molecule has 126 valence electrons. The van der Waals surface area contributed by atoms with Gasteiger partial charge in [-0.25, -0.2) is 0 Å². The summed E-state index contributed by atoms with van der Waals surface area (Å²) in [6.07, 6.45) is 2.02. The number of hydrogen-bond donors (Lipinski definition) is 2. The van der Waals surface area contributed by atoms with Crippen molar-refractivity contribution in [2.45, 2.75) is 10.6 Å². The van der Waals surface area contributed by atoms with Crippen LogP contribution in [-0.2, 0) is 5.75 Å². The number of aromatic amines is 2. The number of nitrogens with one attached hydrogen (secondary N) is 2. The molecular formula is C19H16ClN3OS. The quantitative estimate of drug-likeness (QED) is 0.456. The van der Waals surface area contributed by atoms with Crippen LogP contribution in [-0.4, -0.2) is 22.3 Å². The van der Waals surface area contributed by atoms with Crippen LogP contribution in [0.15, 0.2) is 59.6 Å². The van der Waals surface area contributed by atoms with Crippen LogP contribution in [0.5, 0.6) is 5.75 Å². The molecule has 0 radical (unpaired) electrons. The Morgan fingerprint density at radius 2 is 2.08 bits per heavy atom. The number of aromatic nitrogens is 3. The summed E-state index contributed by atoms with van der Waals surface area (Å²) in [6.45, 7) is 0. The highest BCUT2D eigenvalue weighted by Gasteiger charge is 2.08. The Hall–Kier alpha value is -2.37. The average molecular weight is 370 g/mol. The van der Waals surface area contributed by atoms with Gasteiger partial charge in [-0.05, 0) is 30.3 Å². The van der Waals surface area contributed by atoms with Crippen LogP contribution in [0.4, 0.5) is 0 Å². The van der Waals surface area contributed by atoms with Crippen LogP contribution in [0.2, 0.25) is 5.02 Å². The van der Waals surface area contributed by atoms with E-state index in [2.05, 4.69) is 21.2 Å². The van der Waals surface area contributed by atoms with E-state index in [0.717, 1.165) is 39.0 Å². The Balaban J connectivity index is 1.51. The number of methoxy groups -OCH3 is 1. The lowest BCUT2D eigenvalue weighted by Gasteiger charge is -2.01. The first kappa shape index (κ1) is 16.1. The molecule has 4 rings (SSSR count). The fourth-order valence-electron chi connectivity index (χ4n) is 2.72. The monoisotopic (exact) mass is 369 g/mol. The Labute approximate surface area is 154 Å². The van der Waals surface area contributed by atoms with E-state index >= 15 is 0 Å². The summed E-state index contributed by atoms with van der Waals surface area (Å²) in [6, 6.07) is 15.9. The van der Waals surface area contributed by atoms with Gasteiger partial charge in [0, 0.05) is 38.3 Å². The second-order valence-corrected chi connectivity index (χ2v) is 7.09. The summed E-state index contributed by atoms with van der Waals surface area (Å²) in [7, 11) is 1.67. The highest BCUT2D eigenvalue weighted by atomic mass is 35.5. The Morgan fingerprint density at radius 1 is 1.16 bits per heavy atom. The number of rotatable bonds is 5. The summed E-state index contributed by atoms with van der Waals surface area (Å²) in [5, 5.41) is 9.44. The molecule has 2 N–H and O–H groups in total. The number of benzene rings is 2. The first-order chi connectivity index (χ1) is 12.2. The number of nitrogens with zero attached hydrogens (tertiary/aromatic N) is 1. The van der Waals surface area contributed by atoms with Gasteiger partial charge in [-0.1, -0.05) is 29.8 Å². The van der Waals surface area contributed by atoms with Crippen molar-refractivity contribution in [1.82, 2.24) is 15.2 Å². The maximum Gasteiger partial charge on any atom is 0.119 e. The van der Waals surface area contributed by atoms with Crippen LogP contribution in [0.1, 0.15) is 5.69 Å². The van der Waals surface area contributed by atoms with E-state index in [1.54, 1.807) is 18.9 Å². The first-order valence-corrected chi connectivity index (χ1v) is 9.17. The van der Waals surface area contributed by atoms with Gasteiger partial charge in [0.05, 0.1) is 18.5 Å². The largest absolute Gasteiger partial charge is 0.497 e. The predicted molar refractivity (Wildman–Crippen MR) is 103 cm³/mol. The van der Waals surface area contributed by atoms with E-state index < -0.39 is 0 Å². The molecular weight excluding hydrogens is 354 g/mol.